The summed E-state index contributed by atoms with van der Waals surface area (Å²) < 4.78 is 37.2. The van der Waals surface area contributed by atoms with Crippen molar-refractivity contribution in [2.24, 2.45) is 0 Å². The van der Waals surface area contributed by atoms with Crippen molar-refractivity contribution in [3.05, 3.63) is 58.6 Å². The summed E-state index contributed by atoms with van der Waals surface area (Å²) in [5.74, 6) is 0. The molecule has 0 atom stereocenters. The van der Waals surface area contributed by atoms with Crippen molar-refractivity contribution in [1.82, 2.24) is 9.97 Å². The van der Waals surface area contributed by atoms with E-state index in [0.717, 1.165) is 12.3 Å². The Hall–Kier alpha value is -1.62. The Bertz CT molecular complexity index is 541. The van der Waals surface area contributed by atoms with Gasteiger partial charge in [0.2, 0.25) is 0 Å². The van der Waals surface area contributed by atoms with Gasteiger partial charge in [-0.15, -0.1) is 0 Å². The minimum absolute atomic E-state index is 0.00419. The number of hydrogen-bond acceptors (Lipinski definition) is 2. The number of halogens is 4. The highest BCUT2D eigenvalue weighted by atomic mass is 35.5. The zero-order valence-corrected chi connectivity index (χ0v) is 9.83. The van der Waals surface area contributed by atoms with Gasteiger partial charge in [-0.05, 0) is 18.2 Å². The molecule has 94 valence electrons. The van der Waals surface area contributed by atoms with Crippen molar-refractivity contribution in [2.75, 3.05) is 0 Å². The standard InChI is InChI=1S/C12H8ClF3N2/c13-10-5-8(12(14,15)16)7-18-11(10)6-9-3-1-2-4-17-9/h1-5,7H,6H2. The summed E-state index contributed by atoms with van der Waals surface area (Å²) in [6, 6.07) is 6.19. The van der Waals surface area contributed by atoms with Crippen molar-refractivity contribution in [2.45, 2.75) is 12.6 Å². The van der Waals surface area contributed by atoms with Crippen LogP contribution in [-0.2, 0) is 12.6 Å². The molecule has 0 aliphatic rings. The minimum Gasteiger partial charge on any atom is -0.261 e. The maximum Gasteiger partial charge on any atom is 0.417 e. The van der Waals surface area contributed by atoms with Crippen LogP contribution in [0.15, 0.2) is 36.7 Å². The van der Waals surface area contributed by atoms with Crippen LogP contribution >= 0.6 is 11.6 Å². The predicted molar refractivity (Wildman–Crippen MR) is 61.3 cm³/mol. The Labute approximate surface area is 106 Å². The van der Waals surface area contributed by atoms with Crippen LogP contribution in [0.4, 0.5) is 13.2 Å². The summed E-state index contributed by atoms with van der Waals surface area (Å²) in [6.07, 6.45) is -1.74. The van der Waals surface area contributed by atoms with Gasteiger partial charge in [0.05, 0.1) is 16.3 Å². The SMILES string of the molecule is FC(F)(F)c1cnc(Cc2ccccn2)c(Cl)c1. The van der Waals surface area contributed by atoms with Crippen molar-refractivity contribution < 1.29 is 13.2 Å². The molecule has 6 heteroatoms. The Kier molecular flexibility index (Phi) is 3.52. The third kappa shape index (κ3) is 2.98. The van der Waals surface area contributed by atoms with Crippen LogP contribution < -0.4 is 0 Å². The maximum absolute atomic E-state index is 12.4. The van der Waals surface area contributed by atoms with Gasteiger partial charge in [0.25, 0.3) is 0 Å². The molecule has 0 radical (unpaired) electrons. The van der Waals surface area contributed by atoms with Gasteiger partial charge >= 0.3 is 6.18 Å². The van der Waals surface area contributed by atoms with E-state index in [1.807, 2.05) is 0 Å². The molecule has 0 aliphatic heterocycles. The molecule has 2 rings (SSSR count). The van der Waals surface area contributed by atoms with Gasteiger partial charge in [-0.2, -0.15) is 13.2 Å². The summed E-state index contributed by atoms with van der Waals surface area (Å²) in [6.45, 7) is 0. The van der Waals surface area contributed by atoms with E-state index in [1.54, 1.807) is 24.4 Å². The minimum atomic E-state index is -4.43. The lowest BCUT2D eigenvalue weighted by Gasteiger charge is -2.08. The smallest absolute Gasteiger partial charge is 0.261 e. The quantitative estimate of drug-likeness (QED) is 0.832. The number of rotatable bonds is 2. The normalized spacial score (nSPS) is 11.6. The topological polar surface area (TPSA) is 25.8 Å². The molecule has 0 N–H and O–H groups in total. The number of nitrogens with zero attached hydrogens (tertiary/aromatic N) is 2. The molecule has 0 fully saturated rings. The van der Waals surface area contributed by atoms with Gasteiger partial charge in [-0.25, -0.2) is 0 Å². The molecule has 0 saturated carbocycles. The molecule has 0 unspecified atom stereocenters. The fraction of sp³-hybridized carbons (Fsp3) is 0.167. The molecule has 0 aromatic carbocycles. The van der Waals surface area contributed by atoms with Gasteiger partial charge in [-0.3, -0.25) is 9.97 Å². The zero-order valence-electron chi connectivity index (χ0n) is 9.08. The summed E-state index contributed by atoms with van der Waals surface area (Å²) in [5.41, 5.74) is 0.229. The Morgan fingerprint density at radius 3 is 2.50 bits per heavy atom. The Balaban J connectivity index is 2.26. The third-order valence-corrected chi connectivity index (χ3v) is 2.65. The van der Waals surface area contributed by atoms with Crippen LogP contribution in [0.5, 0.6) is 0 Å². The predicted octanol–water partition coefficient (Wildman–Crippen LogP) is 3.74. The van der Waals surface area contributed by atoms with Crippen LogP contribution in [0.1, 0.15) is 17.0 Å². The van der Waals surface area contributed by atoms with E-state index in [2.05, 4.69) is 9.97 Å². The zero-order chi connectivity index (χ0) is 13.2. The van der Waals surface area contributed by atoms with Gasteiger partial charge in [0.15, 0.2) is 0 Å². The molecule has 0 amide bonds. The molecular weight excluding hydrogens is 265 g/mol. The second-order valence-corrected chi connectivity index (χ2v) is 4.06. The van der Waals surface area contributed by atoms with Gasteiger partial charge in [0, 0.05) is 24.5 Å². The van der Waals surface area contributed by atoms with Gasteiger partial charge in [0.1, 0.15) is 0 Å². The van der Waals surface area contributed by atoms with E-state index in [-0.39, 0.29) is 5.02 Å². The number of alkyl halides is 3. The van der Waals surface area contributed by atoms with E-state index in [0.29, 0.717) is 17.8 Å². The lowest BCUT2D eigenvalue weighted by Crippen LogP contribution is -2.07. The van der Waals surface area contributed by atoms with E-state index < -0.39 is 11.7 Å². The molecule has 0 bridgehead atoms. The average molecular weight is 273 g/mol. The van der Waals surface area contributed by atoms with Crippen LogP contribution in [0.3, 0.4) is 0 Å². The lowest BCUT2D eigenvalue weighted by molar-refractivity contribution is -0.137. The van der Waals surface area contributed by atoms with Gasteiger partial charge < -0.3 is 0 Å². The second kappa shape index (κ2) is 4.94. The molecule has 2 heterocycles. The molecular formula is C12H8ClF3N2. The van der Waals surface area contributed by atoms with Crippen LogP contribution in [0.25, 0.3) is 0 Å². The van der Waals surface area contributed by atoms with Crippen LogP contribution in [-0.4, -0.2) is 9.97 Å². The first kappa shape index (κ1) is 12.8. The van der Waals surface area contributed by atoms with Crippen molar-refractivity contribution in [3.63, 3.8) is 0 Å². The van der Waals surface area contributed by atoms with E-state index in [4.69, 9.17) is 11.6 Å². The largest absolute Gasteiger partial charge is 0.417 e. The van der Waals surface area contributed by atoms with E-state index in [1.165, 1.54) is 0 Å². The van der Waals surface area contributed by atoms with Crippen LogP contribution in [0.2, 0.25) is 5.02 Å². The highest BCUT2D eigenvalue weighted by molar-refractivity contribution is 6.31. The number of aromatic nitrogens is 2. The van der Waals surface area contributed by atoms with Crippen LogP contribution in [0, 0.1) is 0 Å². The monoisotopic (exact) mass is 272 g/mol. The van der Waals surface area contributed by atoms with E-state index in [9.17, 15) is 13.2 Å². The fourth-order valence-corrected chi connectivity index (χ4v) is 1.66. The van der Waals surface area contributed by atoms with Crippen molar-refractivity contribution >= 4 is 11.6 Å². The summed E-state index contributed by atoms with van der Waals surface area (Å²) >= 11 is 5.80. The first-order valence-corrected chi connectivity index (χ1v) is 5.46. The summed E-state index contributed by atoms with van der Waals surface area (Å²) in [4.78, 5) is 7.81. The Morgan fingerprint density at radius 2 is 1.94 bits per heavy atom. The highest BCUT2D eigenvalue weighted by Gasteiger charge is 2.31. The van der Waals surface area contributed by atoms with Crippen molar-refractivity contribution in [1.29, 1.82) is 0 Å². The highest BCUT2D eigenvalue weighted by Crippen LogP contribution is 2.31. The summed E-state index contributed by atoms with van der Waals surface area (Å²) in [7, 11) is 0. The summed E-state index contributed by atoms with van der Waals surface area (Å²) in [5, 5.41) is -0.00419. The molecule has 2 nitrogen and oxygen atoms in total. The number of pyridine rings is 2. The fourth-order valence-electron chi connectivity index (χ4n) is 1.43. The lowest BCUT2D eigenvalue weighted by atomic mass is 10.1. The van der Waals surface area contributed by atoms with Gasteiger partial charge in [-0.1, -0.05) is 17.7 Å². The first-order valence-electron chi connectivity index (χ1n) is 5.08. The Morgan fingerprint density at radius 1 is 1.17 bits per heavy atom. The number of hydrogen-bond donors (Lipinski definition) is 0. The molecule has 0 spiro atoms. The molecule has 18 heavy (non-hydrogen) atoms. The molecule has 2 aromatic rings. The third-order valence-electron chi connectivity index (χ3n) is 2.32. The average Bonchev–Trinajstić information content (AvgIpc) is 2.32. The van der Waals surface area contributed by atoms with E-state index >= 15 is 0 Å². The molecule has 0 saturated heterocycles. The van der Waals surface area contributed by atoms with Crippen molar-refractivity contribution in [3.8, 4) is 0 Å². The molecule has 0 aliphatic carbocycles. The second-order valence-electron chi connectivity index (χ2n) is 3.65. The first-order chi connectivity index (χ1) is 8.47. The molecule has 2 aromatic heterocycles. The maximum atomic E-state index is 12.4.